The van der Waals surface area contributed by atoms with Crippen molar-refractivity contribution in [1.29, 1.82) is 0 Å². The normalized spacial score (nSPS) is 13.7. The second kappa shape index (κ2) is 6.00. The molecule has 1 unspecified atom stereocenters. The first-order valence-corrected chi connectivity index (χ1v) is 6.14. The number of hydrogen-bond donors (Lipinski definition) is 1. The van der Waals surface area contributed by atoms with E-state index in [2.05, 4.69) is 36.2 Å². The molecule has 1 N–H and O–H groups in total. The summed E-state index contributed by atoms with van der Waals surface area (Å²) in [7, 11) is 1.83. The van der Waals surface area contributed by atoms with Crippen molar-refractivity contribution in [2.75, 3.05) is 6.54 Å². The molecule has 0 radical (unpaired) electrons. The lowest BCUT2D eigenvalue weighted by molar-refractivity contribution is 0.189. The molecule has 0 spiro atoms. The third-order valence-electron chi connectivity index (χ3n) is 2.33. The monoisotopic (exact) mass is 240 g/mol. The molecule has 0 aliphatic rings. The minimum atomic E-state index is 0.152. The second-order valence-electron chi connectivity index (χ2n) is 5.45. The van der Waals surface area contributed by atoms with E-state index in [0.29, 0.717) is 6.01 Å². The van der Waals surface area contributed by atoms with E-state index in [1.54, 1.807) is 11.0 Å². The van der Waals surface area contributed by atoms with Crippen LogP contribution in [0.25, 0.3) is 0 Å². The fourth-order valence-corrected chi connectivity index (χ4v) is 1.47. The van der Waals surface area contributed by atoms with Crippen LogP contribution in [-0.2, 0) is 7.05 Å². The Bertz CT molecular complexity index is 329. The third kappa shape index (κ3) is 6.26. The molecule has 0 saturated carbocycles. The summed E-state index contributed by atoms with van der Waals surface area (Å²) in [5.41, 5.74) is 0.187. The van der Waals surface area contributed by atoms with Gasteiger partial charge in [0.25, 0.3) is 0 Å². The quantitative estimate of drug-likeness (QED) is 0.770. The van der Waals surface area contributed by atoms with Gasteiger partial charge < -0.3 is 10.1 Å². The molecule has 1 heterocycles. The zero-order valence-electron chi connectivity index (χ0n) is 11.5. The summed E-state index contributed by atoms with van der Waals surface area (Å²) in [6.45, 7) is 9.57. The number of aryl methyl sites for hydroxylation is 1. The molecule has 1 atom stereocenters. The zero-order chi connectivity index (χ0) is 12.9. The lowest BCUT2D eigenvalue weighted by atomic mass is 10.1. The third-order valence-corrected chi connectivity index (χ3v) is 2.33. The van der Waals surface area contributed by atoms with E-state index in [0.717, 1.165) is 19.4 Å². The fraction of sp³-hybridized carbons (Fsp3) is 0.833. The van der Waals surface area contributed by atoms with E-state index in [4.69, 9.17) is 4.74 Å². The molecular formula is C12H24N4O. The van der Waals surface area contributed by atoms with Crippen molar-refractivity contribution < 1.29 is 4.74 Å². The SMILES string of the molecule is CC(CCCNC(C)(C)C)Oc1ncn(C)n1. The summed E-state index contributed by atoms with van der Waals surface area (Å²) in [6, 6.07) is 0.462. The van der Waals surface area contributed by atoms with Crippen molar-refractivity contribution in [3.8, 4) is 6.01 Å². The highest BCUT2D eigenvalue weighted by Gasteiger charge is 2.10. The number of ether oxygens (including phenoxy) is 1. The Morgan fingerprint density at radius 3 is 2.71 bits per heavy atom. The molecule has 1 aromatic rings. The highest BCUT2D eigenvalue weighted by molar-refractivity contribution is 4.88. The van der Waals surface area contributed by atoms with Gasteiger partial charge in [-0.2, -0.15) is 4.98 Å². The topological polar surface area (TPSA) is 52.0 Å². The van der Waals surface area contributed by atoms with Gasteiger partial charge in [-0.25, -0.2) is 0 Å². The maximum Gasteiger partial charge on any atom is 0.335 e. The molecule has 1 rings (SSSR count). The lowest BCUT2D eigenvalue weighted by Gasteiger charge is -2.21. The van der Waals surface area contributed by atoms with Gasteiger partial charge in [0, 0.05) is 12.6 Å². The Labute approximate surface area is 104 Å². The molecule has 0 fully saturated rings. The fourth-order valence-electron chi connectivity index (χ4n) is 1.47. The van der Waals surface area contributed by atoms with E-state index in [1.165, 1.54) is 0 Å². The smallest absolute Gasteiger partial charge is 0.335 e. The van der Waals surface area contributed by atoms with Crippen LogP contribution >= 0.6 is 0 Å². The van der Waals surface area contributed by atoms with Crippen molar-refractivity contribution in [3.63, 3.8) is 0 Å². The molecule has 0 aliphatic carbocycles. The highest BCUT2D eigenvalue weighted by Crippen LogP contribution is 2.07. The van der Waals surface area contributed by atoms with Gasteiger partial charge in [-0.15, -0.1) is 5.10 Å². The van der Waals surface area contributed by atoms with Crippen LogP contribution in [0, 0.1) is 0 Å². The lowest BCUT2D eigenvalue weighted by Crippen LogP contribution is -2.36. The minimum Gasteiger partial charge on any atom is -0.459 e. The Kier molecular flexibility index (Phi) is 4.93. The van der Waals surface area contributed by atoms with Crippen molar-refractivity contribution >= 4 is 0 Å². The number of nitrogens with zero attached hydrogens (tertiary/aromatic N) is 3. The van der Waals surface area contributed by atoms with Crippen molar-refractivity contribution in [3.05, 3.63) is 6.33 Å². The zero-order valence-corrected chi connectivity index (χ0v) is 11.5. The van der Waals surface area contributed by atoms with Crippen LogP contribution < -0.4 is 10.1 Å². The van der Waals surface area contributed by atoms with E-state index in [1.807, 2.05) is 14.0 Å². The van der Waals surface area contributed by atoms with Crippen molar-refractivity contribution in [2.45, 2.75) is 52.2 Å². The van der Waals surface area contributed by atoms with Crippen LogP contribution in [0.4, 0.5) is 0 Å². The molecule has 0 amide bonds. The molecule has 1 aromatic heterocycles. The largest absolute Gasteiger partial charge is 0.459 e. The van der Waals surface area contributed by atoms with Gasteiger partial charge in [-0.3, -0.25) is 4.68 Å². The molecule has 98 valence electrons. The van der Waals surface area contributed by atoms with Gasteiger partial charge in [0.15, 0.2) is 0 Å². The van der Waals surface area contributed by atoms with E-state index in [-0.39, 0.29) is 11.6 Å². The van der Waals surface area contributed by atoms with Crippen LogP contribution in [0.5, 0.6) is 6.01 Å². The molecule has 0 aliphatic heterocycles. The molecule has 0 aromatic carbocycles. The molecular weight excluding hydrogens is 216 g/mol. The average molecular weight is 240 g/mol. The summed E-state index contributed by atoms with van der Waals surface area (Å²) in [6.07, 6.45) is 3.88. The van der Waals surface area contributed by atoms with Gasteiger partial charge in [-0.05, 0) is 47.1 Å². The van der Waals surface area contributed by atoms with Gasteiger partial charge in [0.2, 0.25) is 0 Å². The predicted octanol–water partition coefficient (Wildman–Crippen LogP) is 1.75. The summed E-state index contributed by atoms with van der Waals surface area (Å²) in [4.78, 5) is 4.04. The Morgan fingerprint density at radius 2 is 2.18 bits per heavy atom. The Balaban J connectivity index is 2.15. The van der Waals surface area contributed by atoms with E-state index >= 15 is 0 Å². The van der Waals surface area contributed by atoms with Gasteiger partial charge in [-0.1, -0.05) is 0 Å². The standard InChI is InChI=1S/C12H24N4O/c1-10(7-6-8-14-12(2,3)4)17-11-13-9-16(5)15-11/h9-10,14H,6-8H2,1-5H3. The Hall–Kier alpha value is -1.10. The van der Waals surface area contributed by atoms with Crippen LogP contribution in [0.1, 0.15) is 40.5 Å². The molecule has 17 heavy (non-hydrogen) atoms. The predicted molar refractivity (Wildman–Crippen MR) is 68.1 cm³/mol. The molecule has 5 heteroatoms. The van der Waals surface area contributed by atoms with E-state index < -0.39 is 0 Å². The van der Waals surface area contributed by atoms with Crippen LogP contribution in [0.3, 0.4) is 0 Å². The van der Waals surface area contributed by atoms with Crippen LogP contribution in [0.2, 0.25) is 0 Å². The van der Waals surface area contributed by atoms with Gasteiger partial charge >= 0.3 is 6.01 Å². The summed E-state index contributed by atoms with van der Waals surface area (Å²) >= 11 is 0. The minimum absolute atomic E-state index is 0.152. The number of rotatable bonds is 6. The summed E-state index contributed by atoms with van der Waals surface area (Å²) in [5, 5.41) is 7.54. The van der Waals surface area contributed by atoms with E-state index in [9.17, 15) is 0 Å². The maximum atomic E-state index is 5.60. The van der Waals surface area contributed by atoms with Gasteiger partial charge in [0.1, 0.15) is 6.33 Å². The second-order valence-corrected chi connectivity index (χ2v) is 5.45. The molecule has 0 saturated heterocycles. The highest BCUT2D eigenvalue weighted by atomic mass is 16.5. The first kappa shape index (κ1) is 14.0. The Morgan fingerprint density at radius 1 is 1.47 bits per heavy atom. The van der Waals surface area contributed by atoms with Crippen LogP contribution in [-0.4, -0.2) is 33.0 Å². The maximum absolute atomic E-state index is 5.60. The van der Waals surface area contributed by atoms with Crippen molar-refractivity contribution in [1.82, 2.24) is 20.1 Å². The average Bonchev–Trinajstić information content (AvgIpc) is 2.57. The van der Waals surface area contributed by atoms with Crippen LogP contribution in [0.15, 0.2) is 6.33 Å². The molecule has 0 bridgehead atoms. The number of nitrogens with one attached hydrogen (secondary N) is 1. The summed E-state index contributed by atoms with van der Waals surface area (Å²) in [5.74, 6) is 0. The number of aromatic nitrogens is 3. The van der Waals surface area contributed by atoms with Crippen molar-refractivity contribution in [2.24, 2.45) is 7.05 Å². The first-order valence-electron chi connectivity index (χ1n) is 6.14. The molecule has 5 nitrogen and oxygen atoms in total. The first-order chi connectivity index (χ1) is 7.87. The summed E-state index contributed by atoms with van der Waals surface area (Å²) < 4.78 is 7.24. The van der Waals surface area contributed by atoms with Gasteiger partial charge in [0.05, 0.1) is 6.10 Å². The number of hydrogen-bond acceptors (Lipinski definition) is 4.